The van der Waals surface area contributed by atoms with Gasteiger partial charge in [0.15, 0.2) is 0 Å². The van der Waals surface area contributed by atoms with E-state index in [1.54, 1.807) is 6.07 Å². The number of halogens is 1. The molecule has 0 amide bonds. The van der Waals surface area contributed by atoms with E-state index in [0.29, 0.717) is 5.56 Å². The van der Waals surface area contributed by atoms with E-state index in [1.807, 2.05) is 44.2 Å². The SMILES string of the molecule is CC(C)OC(=O)c1ccc2cc(Br)ccc2c1. The van der Waals surface area contributed by atoms with Gasteiger partial charge in [-0.15, -0.1) is 0 Å². The Morgan fingerprint density at radius 1 is 1.12 bits per heavy atom. The highest BCUT2D eigenvalue weighted by molar-refractivity contribution is 9.10. The summed E-state index contributed by atoms with van der Waals surface area (Å²) in [6, 6.07) is 11.5. The minimum Gasteiger partial charge on any atom is -0.459 e. The first-order chi connectivity index (χ1) is 8.06. The molecule has 17 heavy (non-hydrogen) atoms. The van der Waals surface area contributed by atoms with Crippen LogP contribution in [0.5, 0.6) is 0 Å². The average Bonchev–Trinajstić information content (AvgIpc) is 2.27. The Bertz CT molecular complexity index is 561. The largest absolute Gasteiger partial charge is 0.459 e. The van der Waals surface area contributed by atoms with Crippen LogP contribution in [0, 0.1) is 0 Å². The summed E-state index contributed by atoms with van der Waals surface area (Å²) in [6.45, 7) is 3.69. The Balaban J connectivity index is 2.38. The van der Waals surface area contributed by atoms with Crippen LogP contribution in [-0.2, 0) is 4.74 Å². The maximum absolute atomic E-state index is 11.7. The molecule has 0 spiro atoms. The number of carbonyl (C=O) groups is 1. The van der Waals surface area contributed by atoms with Crippen molar-refractivity contribution in [2.75, 3.05) is 0 Å². The molecule has 2 rings (SSSR count). The highest BCUT2D eigenvalue weighted by atomic mass is 79.9. The zero-order valence-corrected chi connectivity index (χ0v) is 11.3. The molecule has 0 aliphatic rings. The fourth-order valence-corrected chi connectivity index (χ4v) is 2.00. The standard InChI is InChI=1S/C14H13BrO2/c1-9(2)17-14(16)12-4-3-11-8-13(15)6-5-10(11)7-12/h3-9H,1-2H3. The number of hydrogen-bond donors (Lipinski definition) is 0. The van der Waals surface area contributed by atoms with Crippen molar-refractivity contribution in [1.82, 2.24) is 0 Å². The van der Waals surface area contributed by atoms with Gasteiger partial charge in [0, 0.05) is 4.47 Å². The predicted molar refractivity (Wildman–Crippen MR) is 72.2 cm³/mol. The van der Waals surface area contributed by atoms with Crippen LogP contribution in [0.3, 0.4) is 0 Å². The molecule has 2 aromatic rings. The van der Waals surface area contributed by atoms with Crippen molar-refractivity contribution in [1.29, 1.82) is 0 Å². The molecular formula is C14H13BrO2. The van der Waals surface area contributed by atoms with Gasteiger partial charge in [-0.05, 0) is 48.9 Å². The quantitative estimate of drug-likeness (QED) is 0.777. The summed E-state index contributed by atoms with van der Waals surface area (Å²) < 4.78 is 6.19. The van der Waals surface area contributed by atoms with Gasteiger partial charge in [0.2, 0.25) is 0 Å². The first-order valence-corrected chi connectivity index (χ1v) is 6.26. The van der Waals surface area contributed by atoms with E-state index in [9.17, 15) is 4.79 Å². The van der Waals surface area contributed by atoms with E-state index in [-0.39, 0.29) is 12.1 Å². The number of ether oxygens (including phenoxy) is 1. The van der Waals surface area contributed by atoms with Crippen LogP contribution in [0.4, 0.5) is 0 Å². The molecule has 0 aliphatic carbocycles. The number of carbonyl (C=O) groups excluding carboxylic acids is 1. The average molecular weight is 293 g/mol. The Morgan fingerprint density at radius 2 is 1.76 bits per heavy atom. The second kappa shape index (κ2) is 4.88. The molecular weight excluding hydrogens is 280 g/mol. The Hall–Kier alpha value is -1.35. The highest BCUT2D eigenvalue weighted by Gasteiger charge is 2.09. The maximum atomic E-state index is 11.7. The van der Waals surface area contributed by atoms with Crippen LogP contribution >= 0.6 is 15.9 Å². The first kappa shape index (κ1) is 12.1. The molecule has 0 N–H and O–H groups in total. The molecule has 0 fully saturated rings. The van der Waals surface area contributed by atoms with Crippen molar-refractivity contribution in [2.45, 2.75) is 20.0 Å². The van der Waals surface area contributed by atoms with Crippen LogP contribution in [-0.4, -0.2) is 12.1 Å². The van der Waals surface area contributed by atoms with Crippen LogP contribution in [0.15, 0.2) is 40.9 Å². The summed E-state index contributed by atoms with van der Waals surface area (Å²) in [4.78, 5) is 11.7. The third-order valence-electron chi connectivity index (χ3n) is 2.38. The lowest BCUT2D eigenvalue weighted by Gasteiger charge is -2.08. The molecule has 2 aromatic carbocycles. The fourth-order valence-electron chi connectivity index (χ4n) is 1.63. The minimum absolute atomic E-state index is 0.0943. The van der Waals surface area contributed by atoms with Crippen molar-refractivity contribution in [2.24, 2.45) is 0 Å². The Labute approximate surface area is 109 Å². The van der Waals surface area contributed by atoms with E-state index < -0.39 is 0 Å². The van der Waals surface area contributed by atoms with Gasteiger partial charge in [0.1, 0.15) is 0 Å². The van der Waals surface area contributed by atoms with Crippen molar-refractivity contribution >= 4 is 32.7 Å². The normalized spacial score (nSPS) is 10.8. The first-order valence-electron chi connectivity index (χ1n) is 5.46. The topological polar surface area (TPSA) is 26.3 Å². The van der Waals surface area contributed by atoms with Crippen molar-refractivity contribution in [3.05, 3.63) is 46.4 Å². The van der Waals surface area contributed by atoms with Crippen molar-refractivity contribution in [3.8, 4) is 0 Å². The molecule has 0 unspecified atom stereocenters. The molecule has 0 aliphatic heterocycles. The molecule has 0 saturated carbocycles. The summed E-state index contributed by atoms with van der Waals surface area (Å²) in [7, 11) is 0. The van der Waals surface area contributed by atoms with E-state index >= 15 is 0 Å². The van der Waals surface area contributed by atoms with E-state index in [0.717, 1.165) is 15.2 Å². The number of hydrogen-bond acceptors (Lipinski definition) is 2. The maximum Gasteiger partial charge on any atom is 0.338 e. The highest BCUT2D eigenvalue weighted by Crippen LogP contribution is 2.21. The fraction of sp³-hybridized carbons (Fsp3) is 0.214. The van der Waals surface area contributed by atoms with Crippen molar-refractivity contribution < 1.29 is 9.53 Å². The summed E-state index contributed by atoms with van der Waals surface area (Å²) in [5.41, 5.74) is 0.591. The molecule has 0 heterocycles. The molecule has 2 nitrogen and oxygen atoms in total. The number of benzene rings is 2. The smallest absolute Gasteiger partial charge is 0.338 e. The Morgan fingerprint density at radius 3 is 2.47 bits per heavy atom. The van der Waals surface area contributed by atoms with Gasteiger partial charge in [-0.25, -0.2) is 4.79 Å². The van der Waals surface area contributed by atoms with Gasteiger partial charge in [0.05, 0.1) is 11.7 Å². The van der Waals surface area contributed by atoms with Crippen LogP contribution in [0.1, 0.15) is 24.2 Å². The van der Waals surface area contributed by atoms with Gasteiger partial charge in [-0.1, -0.05) is 28.1 Å². The predicted octanol–water partition coefficient (Wildman–Crippen LogP) is 4.17. The van der Waals surface area contributed by atoms with Gasteiger partial charge in [-0.3, -0.25) is 0 Å². The zero-order valence-electron chi connectivity index (χ0n) is 9.74. The Kier molecular flexibility index (Phi) is 3.48. The lowest BCUT2D eigenvalue weighted by atomic mass is 10.1. The summed E-state index contributed by atoms with van der Waals surface area (Å²) in [5, 5.41) is 2.13. The second-order valence-electron chi connectivity index (χ2n) is 4.16. The molecule has 88 valence electrons. The van der Waals surface area contributed by atoms with Crippen molar-refractivity contribution in [3.63, 3.8) is 0 Å². The summed E-state index contributed by atoms with van der Waals surface area (Å²) in [6.07, 6.45) is -0.0943. The van der Waals surface area contributed by atoms with E-state index in [4.69, 9.17) is 4.74 Å². The lowest BCUT2D eigenvalue weighted by molar-refractivity contribution is 0.0378. The molecule has 0 radical (unpaired) electrons. The van der Waals surface area contributed by atoms with Crippen LogP contribution in [0.25, 0.3) is 10.8 Å². The molecule has 3 heteroatoms. The third-order valence-corrected chi connectivity index (χ3v) is 2.87. The minimum atomic E-state index is -0.273. The molecule has 0 aromatic heterocycles. The van der Waals surface area contributed by atoms with E-state index in [2.05, 4.69) is 15.9 Å². The zero-order chi connectivity index (χ0) is 12.4. The lowest BCUT2D eigenvalue weighted by Crippen LogP contribution is -2.11. The summed E-state index contributed by atoms with van der Waals surface area (Å²) >= 11 is 3.42. The second-order valence-corrected chi connectivity index (χ2v) is 5.08. The number of fused-ring (bicyclic) bond motifs is 1. The van der Waals surface area contributed by atoms with Gasteiger partial charge < -0.3 is 4.74 Å². The molecule has 0 saturated heterocycles. The number of rotatable bonds is 2. The van der Waals surface area contributed by atoms with Gasteiger partial charge >= 0.3 is 5.97 Å². The molecule has 0 bridgehead atoms. The van der Waals surface area contributed by atoms with Gasteiger partial charge in [-0.2, -0.15) is 0 Å². The molecule has 0 atom stereocenters. The van der Waals surface area contributed by atoms with Crippen LogP contribution < -0.4 is 0 Å². The number of esters is 1. The summed E-state index contributed by atoms with van der Waals surface area (Å²) in [5.74, 6) is -0.273. The van der Waals surface area contributed by atoms with Gasteiger partial charge in [0.25, 0.3) is 0 Å². The van der Waals surface area contributed by atoms with E-state index in [1.165, 1.54) is 0 Å². The van der Waals surface area contributed by atoms with Crippen LogP contribution in [0.2, 0.25) is 0 Å². The third kappa shape index (κ3) is 2.86. The monoisotopic (exact) mass is 292 g/mol.